The monoisotopic (exact) mass is 511 g/mol. The number of carbonyl (C=O) groups is 2. The van der Waals surface area contributed by atoms with Crippen LogP contribution in [0.1, 0.15) is 30.7 Å². The molecule has 0 N–H and O–H groups in total. The van der Waals surface area contributed by atoms with Crippen molar-refractivity contribution in [2.75, 3.05) is 32.2 Å². The van der Waals surface area contributed by atoms with Crippen molar-refractivity contribution in [3.05, 3.63) is 99.9 Å². The molecule has 3 aromatic rings. The Labute approximate surface area is 220 Å². The third-order valence-corrected chi connectivity index (χ3v) is 7.00. The summed E-state index contributed by atoms with van der Waals surface area (Å²) in [5.41, 5.74) is 1.71. The third kappa shape index (κ3) is 4.53. The molecule has 0 radical (unpaired) electrons. The molecular weight excluding hydrogens is 482 g/mol. The maximum Gasteiger partial charge on any atom is 0.338 e. The highest BCUT2D eigenvalue weighted by Gasteiger charge is 2.37. The van der Waals surface area contributed by atoms with E-state index in [-0.39, 0.29) is 16.7 Å². The van der Waals surface area contributed by atoms with Crippen molar-refractivity contribution in [1.29, 1.82) is 0 Å². The average molecular weight is 512 g/mol. The Balaban J connectivity index is 1.85. The standard InChI is InChI=1S/C30H29N3O5/c1-37-29(35)23-17-11-16-22(24(23)30(36)38-2)25-27(32-18-9-10-19-32)31-26(20-12-5-3-6-13-20)33(28(25)34)21-14-7-4-8-15-21/h3-8,11-15,17,22H,9-10,16,18-19H2,1-2H3. The van der Waals surface area contributed by atoms with Gasteiger partial charge in [0.1, 0.15) is 11.6 Å². The van der Waals surface area contributed by atoms with Gasteiger partial charge in [-0.3, -0.25) is 9.36 Å². The SMILES string of the molecule is COC(=O)C1=C(C(=O)OC)C(c2c(N3CCCC3)nc(-c3ccccc3)n(-c3ccccc3)c2=O)CC=C1. The molecule has 1 aromatic heterocycles. The predicted octanol–water partition coefficient (Wildman–Crippen LogP) is 4.19. The van der Waals surface area contributed by atoms with Gasteiger partial charge in [-0.15, -0.1) is 0 Å². The number of methoxy groups -OCH3 is 2. The second-order valence-corrected chi connectivity index (χ2v) is 9.21. The van der Waals surface area contributed by atoms with E-state index in [2.05, 4.69) is 4.90 Å². The van der Waals surface area contributed by atoms with Crippen LogP contribution in [0, 0.1) is 0 Å². The molecule has 2 heterocycles. The molecule has 8 heteroatoms. The van der Waals surface area contributed by atoms with Crippen LogP contribution in [0.25, 0.3) is 17.1 Å². The largest absolute Gasteiger partial charge is 0.466 e. The maximum atomic E-state index is 14.6. The number of ether oxygens (including phenoxy) is 2. The number of anilines is 1. The van der Waals surface area contributed by atoms with Crippen LogP contribution in [-0.4, -0.2) is 48.8 Å². The summed E-state index contributed by atoms with van der Waals surface area (Å²) in [6.07, 6.45) is 5.63. The van der Waals surface area contributed by atoms with Crippen molar-refractivity contribution < 1.29 is 19.1 Å². The Hall–Kier alpha value is -4.46. The minimum atomic E-state index is -0.739. The highest BCUT2D eigenvalue weighted by Crippen LogP contribution is 2.39. The molecular formula is C30H29N3O5. The predicted molar refractivity (Wildman–Crippen MR) is 144 cm³/mol. The summed E-state index contributed by atoms with van der Waals surface area (Å²) in [6.45, 7) is 1.49. The minimum absolute atomic E-state index is 0.0840. The van der Waals surface area contributed by atoms with Gasteiger partial charge < -0.3 is 14.4 Å². The number of para-hydroxylation sites is 1. The molecule has 2 aliphatic rings. The molecule has 1 saturated heterocycles. The van der Waals surface area contributed by atoms with Gasteiger partial charge in [0, 0.05) is 24.6 Å². The molecule has 1 fully saturated rings. The van der Waals surface area contributed by atoms with Crippen LogP contribution in [-0.2, 0) is 19.1 Å². The third-order valence-electron chi connectivity index (χ3n) is 7.00. The van der Waals surface area contributed by atoms with E-state index in [0.717, 1.165) is 31.5 Å². The van der Waals surface area contributed by atoms with E-state index in [1.807, 2.05) is 60.7 Å². The fourth-order valence-electron chi connectivity index (χ4n) is 5.22. The Kier molecular flexibility index (Phi) is 7.22. The van der Waals surface area contributed by atoms with E-state index < -0.39 is 17.9 Å². The quantitative estimate of drug-likeness (QED) is 0.459. The highest BCUT2D eigenvalue weighted by molar-refractivity contribution is 6.04. The molecule has 8 nitrogen and oxygen atoms in total. The molecule has 1 atom stereocenters. The lowest BCUT2D eigenvalue weighted by Crippen LogP contribution is -2.34. The first kappa shape index (κ1) is 25.2. The number of hydrogen-bond donors (Lipinski definition) is 0. The second kappa shape index (κ2) is 10.9. The van der Waals surface area contributed by atoms with Crippen molar-refractivity contribution >= 4 is 17.8 Å². The fraction of sp³-hybridized carbons (Fsp3) is 0.267. The van der Waals surface area contributed by atoms with Gasteiger partial charge in [0.05, 0.1) is 36.6 Å². The zero-order chi connectivity index (χ0) is 26.6. The number of benzene rings is 2. The fourth-order valence-corrected chi connectivity index (χ4v) is 5.22. The molecule has 1 unspecified atom stereocenters. The molecule has 0 spiro atoms. The highest BCUT2D eigenvalue weighted by atomic mass is 16.5. The van der Waals surface area contributed by atoms with Crippen molar-refractivity contribution in [3.63, 3.8) is 0 Å². The van der Waals surface area contributed by atoms with Crippen molar-refractivity contribution in [1.82, 2.24) is 9.55 Å². The number of nitrogens with zero attached hydrogens (tertiary/aromatic N) is 3. The normalized spacial score (nSPS) is 17.0. The van der Waals surface area contributed by atoms with Crippen LogP contribution >= 0.6 is 0 Å². The molecule has 1 aliphatic heterocycles. The molecule has 5 rings (SSSR count). The number of hydrogen-bond acceptors (Lipinski definition) is 7. The van der Waals surface area contributed by atoms with Crippen molar-refractivity contribution in [2.24, 2.45) is 0 Å². The van der Waals surface area contributed by atoms with Gasteiger partial charge in [-0.2, -0.15) is 0 Å². The smallest absolute Gasteiger partial charge is 0.338 e. The number of esters is 2. The molecule has 194 valence electrons. The van der Waals surface area contributed by atoms with Crippen LogP contribution < -0.4 is 10.5 Å². The number of allylic oxidation sites excluding steroid dienone is 1. The summed E-state index contributed by atoms with van der Waals surface area (Å²) in [4.78, 5) is 47.6. The molecule has 0 saturated carbocycles. The lowest BCUT2D eigenvalue weighted by molar-refractivity contribution is -0.139. The van der Waals surface area contributed by atoms with Crippen LogP contribution in [0.5, 0.6) is 0 Å². The lowest BCUT2D eigenvalue weighted by atomic mass is 9.82. The Morgan fingerprint density at radius 2 is 1.53 bits per heavy atom. The summed E-state index contributed by atoms with van der Waals surface area (Å²) < 4.78 is 11.7. The first-order valence-electron chi connectivity index (χ1n) is 12.6. The van der Waals surface area contributed by atoms with Crippen LogP contribution in [0.4, 0.5) is 5.82 Å². The zero-order valence-corrected chi connectivity index (χ0v) is 21.4. The van der Waals surface area contributed by atoms with Gasteiger partial charge in [0.2, 0.25) is 0 Å². The lowest BCUT2D eigenvalue weighted by Gasteiger charge is -2.29. The molecule has 2 aromatic carbocycles. The van der Waals surface area contributed by atoms with Gasteiger partial charge in [-0.05, 0) is 31.4 Å². The van der Waals surface area contributed by atoms with Gasteiger partial charge >= 0.3 is 11.9 Å². The summed E-state index contributed by atoms with van der Waals surface area (Å²) in [7, 11) is 2.52. The van der Waals surface area contributed by atoms with E-state index in [1.165, 1.54) is 14.2 Å². The topological polar surface area (TPSA) is 90.7 Å². The summed E-state index contributed by atoms with van der Waals surface area (Å²) >= 11 is 0. The van der Waals surface area contributed by atoms with E-state index in [1.54, 1.807) is 16.7 Å². The number of aromatic nitrogens is 2. The molecule has 0 amide bonds. The van der Waals surface area contributed by atoms with E-state index in [4.69, 9.17) is 14.5 Å². The van der Waals surface area contributed by atoms with E-state index >= 15 is 0 Å². The van der Waals surface area contributed by atoms with Gasteiger partial charge in [-0.1, -0.05) is 60.7 Å². The Bertz CT molecular complexity index is 1470. The number of carbonyl (C=O) groups excluding carboxylic acids is 2. The Morgan fingerprint density at radius 3 is 2.16 bits per heavy atom. The summed E-state index contributed by atoms with van der Waals surface area (Å²) in [5, 5.41) is 0. The van der Waals surface area contributed by atoms with Gasteiger partial charge in [-0.25, -0.2) is 14.6 Å². The van der Waals surface area contributed by atoms with Gasteiger partial charge in [0.25, 0.3) is 5.56 Å². The number of rotatable bonds is 6. The van der Waals surface area contributed by atoms with Crippen LogP contribution in [0.15, 0.2) is 88.8 Å². The molecule has 1 aliphatic carbocycles. The van der Waals surface area contributed by atoms with E-state index in [9.17, 15) is 14.4 Å². The minimum Gasteiger partial charge on any atom is -0.466 e. The first-order valence-corrected chi connectivity index (χ1v) is 12.6. The summed E-state index contributed by atoms with van der Waals surface area (Å²) in [6, 6.07) is 18.9. The van der Waals surface area contributed by atoms with Crippen molar-refractivity contribution in [3.8, 4) is 17.1 Å². The summed E-state index contributed by atoms with van der Waals surface area (Å²) in [5.74, 6) is -1.03. The van der Waals surface area contributed by atoms with Crippen LogP contribution in [0.3, 0.4) is 0 Å². The van der Waals surface area contributed by atoms with E-state index in [0.29, 0.717) is 29.3 Å². The maximum absolute atomic E-state index is 14.6. The van der Waals surface area contributed by atoms with Crippen LogP contribution in [0.2, 0.25) is 0 Å². The Morgan fingerprint density at radius 1 is 0.895 bits per heavy atom. The molecule has 38 heavy (non-hydrogen) atoms. The molecule has 0 bridgehead atoms. The van der Waals surface area contributed by atoms with Gasteiger partial charge in [0.15, 0.2) is 0 Å². The average Bonchev–Trinajstić information content (AvgIpc) is 3.51. The zero-order valence-electron chi connectivity index (χ0n) is 21.4. The first-order chi connectivity index (χ1) is 18.5. The van der Waals surface area contributed by atoms with Crippen molar-refractivity contribution in [2.45, 2.75) is 25.2 Å². The second-order valence-electron chi connectivity index (χ2n) is 9.21.